The summed E-state index contributed by atoms with van der Waals surface area (Å²) in [5.74, 6) is 0.843. The highest BCUT2D eigenvalue weighted by molar-refractivity contribution is 6.00. The van der Waals surface area contributed by atoms with Gasteiger partial charge >= 0.3 is 0 Å². The molecule has 0 atom stereocenters. The lowest BCUT2D eigenvalue weighted by Crippen LogP contribution is -2.31. The highest BCUT2D eigenvalue weighted by Crippen LogP contribution is 2.34. The summed E-state index contributed by atoms with van der Waals surface area (Å²) in [5.41, 5.74) is 4.70. The zero-order chi connectivity index (χ0) is 21.0. The Kier molecular flexibility index (Phi) is 5.35. The summed E-state index contributed by atoms with van der Waals surface area (Å²) in [4.78, 5) is 24.5. The van der Waals surface area contributed by atoms with Crippen molar-refractivity contribution in [3.63, 3.8) is 0 Å². The highest BCUT2D eigenvalue weighted by atomic mass is 16.1. The van der Waals surface area contributed by atoms with Crippen molar-refractivity contribution in [2.75, 3.05) is 23.3 Å². The van der Waals surface area contributed by atoms with E-state index in [0.29, 0.717) is 0 Å². The quantitative estimate of drug-likeness (QED) is 0.516. The van der Waals surface area contributed by atoms with Crippen molar-refractivity contribution in [1.29, 1.82) is 0 Å². The first-order valence-corrected chi connectivity index (χ1v) is 10.8. The van der Waals surface area contributed by atoms with Gasteiger partial charge in [0.15, 0.2) is 5.82 Å². The van der Waals surface area contributed by atoms with E-state index in [0.717, 1.165) is 59.6 Å². The SMILES string of the molecule is O=C(Cn1cc(-c2ccccc2)c2ncnc(N3CCCCC3)c21)Nc1ccccc1. The van der Waals surface area contributed by atoms with Crippen LogP contribution in [-0.2, 0) is 11.3 Å². The number of aromatic nitrogens is 3. The van der Waals surface area contributed by atoms with E-state index in [1.165, 1.54) is 6.42 Å². The second kappa shape index (κ2) is 8.60. The van der Waals surface area contributed by atoms with E-state index >= 15 is 0 Å². The van der Waals surface area contributed by atoms with Gasteiger partial charge in [-0.1, -0.05) is 48.5 Å². The van der Waals surface area contributed by atoms with Crippen molar-refractivity contribution in [2.45, 2.75) is 25.8 Å². The maximum absolute atomic E-state index is 12.9. The minimum Gasteiger partial charge on any atom is -0.355 e. The molecule has 0 aliphatic carbocycles. The molecule has 0 radical (unpaired) electrons. The molecule has 0 saturated carbocycles. The van der Waals surface area contributed by atoms with Crippen LogP contribution >= 0.6 is 0 Å². The van der Waals surface area contributed by atoms with Gasteiger partial charge in [0.25, 0.3) is 0 Å². The normalized spacial score (nSPS) is 14.0. The molecule has 156 valence electrons. The molecule has 1 saturated heterocycles. The molecule has 1 N–H and O–H groups in total. The molecule has 3 heterocycles. The van der Waals surface area contributed by atoms with Crippen LogP contribution in [0.15, 0.2) is 73.2 Å². The lowest BCUT2D eigenvalue weighted by molar-refractivity contribution is -0.116. The average Bonchev–Trinajstić information content (AvgIpc) is 3.19. The fraction of sp³-hybridized carbons (Fsp3) is 0.240. The Morgan fingerprint density at radius 3 is 2.35 bits per heavy atom. The third-order valence-corrected chi connectivity index (χ3v) is 5.74. The molecule has 2 aromatic carbocycles. The van der Waals surface area contributed by atoms with Crippen LogP contribution in [0.5, 0.6) is 0 Å². The molecule has 5 rings (SSSR count). The topological polar surface area (TPSA) is 63.1 Å². The zero-order valence-corrected chi connectivity index (χ0v) is 17.4. The van der Waals surface area contributed by atoms with Crippen LogP contribution in [0.4, 0.5) is 11.5 Å². The summed E-state index contributed by atoms with van der Waals surface area (Å²) in [7, 11) is 0. The molecule has 0 unspecified atom stereocenters. The second-order valence-corrected chi connectivity index (χ2v) is 7.89. The van der Waals surface area contributed by atoms with E-state index in [9.17, 15) is 4.79 Å². The van der Waals surface area contributed by atoms with Crippen LogP contribution in [0.2, 0.25) is 0 Å². The Morgan fingerprint density at radius 2 is 1.61 bits per heavy atom. The lowest BCUT2D eigenvalue weighted by Gasteiger charge is -2.28. The first-order chi connectivity index (χ1) is 15.3. The van der Waals surface area contributed by atoms with Crippen LogP contribution in [-0.4, -0.2) is 33.5 Å². The lowest BCUT2D eigenvalue weighted by atomic mass is 10.1. The van der Waals surface area contributed by atoms with Gasteiger partial charge < -0.3 is 14.8 Å². The average molecular weight is 412 g/mol. The number of nitrogens with one attached hydrogen (secondary N) is 1. The maximum atomic E-state index is 12.9. The van der Waals surface area contributed by atoms with Crippen LogP contribution in [0.25, 0.3) is 22.2 Å². The number of para-hydroxylation sites is 1. The van der Waals surface area contributed by atoms with Gasteiger partial charge in [0.1, 0.15) is 23.9 Å². The number of rotatable bonds is 5. The van der Waals surface area contributed by atoms with Crippen molar-refractivity contribution >= 4 is 28.4 Å². The number of piperidine rings is 1. The Bertz CT molecular complexity index is 1180. The highest BCUT2D eigenvalue weighted by Gasteiger charge is 2.22. The van der Waals surface area contributed by atoms with Crippen molar-refractivity contribution in [1.82, 2.24) is 14.5 Å². The number of hydrogen-bond donors (Lipinski definition) is 1. The number of carbonyl (C=O) groups excluding carboxylic acids is 1. The van der Waals surface area contributed by atoms with Gasteiger partial charge in [-0.25, -0.2) is 9.97 Å². The molecule has 4 aromatic rings. The van der Waals surface area contributed by atoms with Gasteiger partial charge in [-0.15, -0.1) is 0 Å². The molecule has 1 aliphatic rings. The molecule has 2 aromatic heterocycles. The van der Waals surface area contributed by atoms with Crippen LogP contribution in [0.1, 0.15) is 19.3 Å². The van der Waals surface area contributed by atoms with Crippen LogP contribution in [0.3, 0.4) is 0 Å². The number of nitrogens with zero attached hydrogens (tertiary/aromatic N) is 4. The molecule has 31 heavy (non-hydrogen) atoms. The van der Waals surface area contributed by atoms with E-state index < -0.39 is 0 Å². The summed E-state index contributed by atoms with van der Waals surface area (Å²) >= 11 is 0. The second-order valence-electron chi connectivity index (χ2n) is 7.89. The summed E-state index contributed by atoms with van der Waals surface area (Å²) in [6.07, 6.45) is 7.25. The summed E-state index contributed by atoms with van der Waals surface area (Å²) in [6.45, 7) is 2.16. The number of amides is 1. The standard InChI is InChI=1S/C25H25N5O/c31-22(28-20-12-6-2-7-13-20)17-30-16-21(19-10-4-1-5-11-19)23-24(30)25(27-18-26-23)29-14-8-3-9-15-29/h1-2,4-7,10-13,16,18H,3,8-9,14-15,17H2,(H,28,31). The van der Waals surface area contributed by atoms with Crippen molar-refractivity contribution in [2.24, 2.45) is 0 Å². The largest absolute Gasteiger partial charge is 0.355 e. The molecule has 1 amide bonds. The number of benzene rings is 2. The molecule has 6 nitrogen and oxygen atoms in total. The molecule has 0 bridgehead atoms. The smallest absolute Gasteiger partial charge is 0.244 e. The molecule has 6 heteroatoms. The fourth-order valence-corrected chi connectivity index (χ4v) is 4.28. The number of anilines is 2. The fourth-order valence-electron chi connectivity index (χ4n) is 4.28. The minimum absolute atomic E-state index is 0.0730. The van der Waals surface area contributed by atoms with Gasteiger partial charge in [-0.05, 0) is 37.0 Å². The predicted molar refractivity (Wildman–Crippen MR) is 124 cm³/mol. The summed E-state index contributed by atoms with van der Waals surface area (Å²) in [6, 6.07) is 19.7. The Hall–Kier alpha value is -3.67. The van der Waals surface area contributed by atoms with Crippen LogP contribution < -0.4 is 10.2 Å². The van der Waals surface area contributed by atoms with E-state index in [1.54, 1.807) is 6.33 Å². The Labute approximate surface area is 181 Å². The Balaban J connectivity index is 1.57. The summed E-state index contributed by atoms with van der Waals surface area (Å²) < 4.78 is 2.00. The minimum atomic E-state index is -0.0730. The number of fused-ring (bicyclic) bond motifs is 1. The van der Waals surface area contributed by atoms with Crippen molar-refractivity contribution in [3.05, 3.63) is 73.2 Å². The molecule has 0 spiro atoms. The van der Waals surface area contributed by atoms with Gasteiger partial charge in [0.05, 0.1) is 0 Å². The monoisotopic (exact) mass is 411 g/mol. The van der Waals surface area contributed by atoms with Gasteiger partial charge in [-0.3, -0.25) is 4.79 Å². The molecular formula is C25H25N5O. The maximum Gasteiger partial charge on any atom is 0.244 e. The Morgan fingerprint density at radius 1 is 0.903 bits per heavy atom. The number of hydrogen-bond acceptors (Lipinski definition) is 4. The van der Waals surface area contributed by atoms with Crippen LogP contribution in [0, 0.1) is 0 Å². The summed E-state index contributed by atoms with van der Waals surface area (Å²) in [5, 5.41) is 2.99. The van der Waals surface area contributed by atoms with Crippen molar-refractivity contribution in [3.8, 4) is 11.1 Å². The van der Waals surface area contributed by atoms with Gasteiger partial charge in [0, 0.05) is 30.5 Å². The van der Waals surface area contributed by atoms with Gasteiger partial charge in [0.2, 0.25) is 5.91 Å². The van der Waals surface area contributed by atoms with E-state index in [-0.39, 0.29) is 12.5 Å². The van der Waals surface area contributed by atoms with Crippen molar-refractivity contribution < 1.29 is 4.79 Å². The van der Waals surface area contributed by atoms with E-state index in [4.69, 9.17) is 0 Å². The van der Waals surface area contributed by atoms with E-state index in [2.05, 4.69) is 32.3 Å². The first-order valence-electron chi connectivity index (χ1n) is 10.8. The van der Waals surface area contributed by atoms with E-state index in [1.807, 2.05) is 59.3 Å². The zero-order valence-electron chi connectivity index (χ0n) is 17.4. The van der Waals surface area contributed by atoms with Gasteiger partial charge in [-0.2, -0.15) is 0 Å². The third-order valence-electron chi connectivity index (χ3n) is 5.74. The first kappa shape index (κ1) is 19.3. The number of carbonyl (C=O) groups is 1. The molecule has 1 fully saturated rings. The third kappa shape index (κ3) is 4.01. The predicted octanol–water partition coefficient (Wildman–Crippen LogP) is 4.73. The molecule has 1 aliphatic heterocycles. The molecular weight excluding hydrogens is 386 g/mol.